The van der Waals surface area contributed by atoms with Gasteiger partial charge in [0.15, 0.2) is 11.6 Å². The first kappa shape index (κ1) is 41.2. The van der Waals surface area contributed by atoms with Gasteiger partial charge in [-0.15, -0.1) is 11.3 Å². The Morgan fingerprint density at radius 3 is 1.69 bits per heavy atom. The second kappa shape index (κ2) is 17.0. The highest BCUT2D eigenvalue weighted by molar-refractivity contribution is 7.27. The summed E-state index contributed by atoms with van der Waals surface area (Å²) in [5.41, 5.74) is 15.4. The van der Waals surface area contributed by atoms with Crippen molar-refractivity contribution in [1.82, 2.24) is 24.1 Å². The number of fused-ring (bicyclic) bond motifs is 9. The summed E-state index contributed by atoms with van der Waals surface area (Å²) in [5, 5.41) is 5.88. The number of rotatable bonds is 9. The van der Waals surface area contributed by atoms with E-state index < -0.39 is 0 Å². The molecule has 5 nitrogen and oxygen atoms in total. The third-order valence-electron chi connectivity index (χ3n) is 13.6. The van der Waals surface area contributed by atoms with Crippen LogP contribution in [0.1, 0.15) is 11.3 Å². The summed E-state index contributed by atoms with van der Waals surface area (Å²) in [6.45, 7) is 6.28. The highest BCUT2D eigenvalue weighted by Gasteiger charge is 2.25. The van der Waals surface area contributed by atoms with E-state index in [0.717, 1.165) is 66.6 Å². The van der Waals surface area contributed by atoms with Crippen LogP contribution in [0, 0.1) is 6.92 Å². The van der Waals surface area contributed by atoms with E-state index in [2.05, 4.69) is 229 Å². The predicted octanol–water partition coefficient (Wildman–Crippen LogP) is 17.1. The lowest BCUT2D eigenvalue weighted by molar-refractivity contribution is 0.955. The first-order valence-electron chi connectivity index (χ1n) is 23.6. The predicted molar refractivity (Wildman–Crippen MR) is 295 cm³/mol. The van der Waals surface area contributed by atoms with Crippen molar-refractivity contribution >= 4 is 70.3 Å². The molecular formula is C64H43N5S. The molecule has 0 amide bonds. The topological polar surface area (TPSA) is 48.5 Å². The largest absolute Gasteiger partial charge is 0.308 e. The van der Waals surface area contributed by atoms with Gasteiger partial charge in [0.1, 0.15) is 0 Å². The lowest BCUT2D eigenvalue weighted by Gasteiger charge is -2.13. The summed E-state index contributed by atoms with van der Waals surface area (Å²) in [6, 6.07) is 75.3. The summed E-state index contributed by atoms with van der Waals surface area (Å²) >= 11 is 1.84. The number of aromatic nitrogens is 5. The van der Waals surface area contributed by atoms with E-state index in [4.69, 9.17) is 15.0 Å². The minimum atomic E-state index is 0.560. The fourth-order valence-corrected chi connectivity index (χ4v) is 11.7. The van der Waals surface area contributed by atoms with Crippen molar-refractivity contribution in [1.29, 1.82) is 0 Å². The van der Waals surface area contributed by atoms with Crippen LogP contribution in [-0.2, 0) is 0 Å². The zero-order chi connectivity index (χ0) is 46.7. The van der Waals surface area contributed by atoms with Crippen molar-refractivity contribution in [2.45, 2.75) is 6.92 Å². The van der Waals surface area contributed by atoms with Crippen LogP contribution in [0.2, 0.25) is 0 Å². The standard InChI is InChI=1S/C64H43N5S/c1-3-4-30-56-41(2)49-36-38-53-54-39-37-52-51-28-16-17-31-57(51)69(59(52)61(54)70-60(53)58(49)68(56)48-26-18-25-47(40-48)43-21-10-6-11-22-43)64-66-62(46-34-32-44(33-35-46)42-19-8-5-9-20-42)65-63(67-64)55-29-15-14-27-50(55)45-23-12-7-13-24-45/h3-40H,1H2,2H3/b30-4-. The summed E-state index contributed by atoms with van der Waals surface area (Å²) in [5.74, 6) is 1.77. The number of nitrogens with zero attached hydrogens (tertiary/aromatic N) is 5. The van der Waals surface area contributed by atoms with Gasteiger partial charge in [-0.25, -0.2) is 4.98 Å². The Morgan fingerprint density at radius 2 is 0.971 bits per heavy atom. The van der Waals surface area contributed by atoms with E-state index in [1.165, 1.54) is 47.8 Å². The Kier molecular flexibility index (Phi) is 10.00. The van der Waals surface area contributed by atoms with Gasteiger partial charge in [-0.05, 0) is 70.1 Å². The Morgan fingerprint density at radius 1 is 0.429 bits per heavy atom. The summed E-state index contributed by atoms with van der Waals surface area (Å²) in [6.07, 6.45) is 6.08. The van der Waals surface area contributed by atoms with Crippen LogP contribution >= 0.6 is 11.3 Å². The smallest absolute Gasteiger partial charge is 0.238 e. The first-order valence-corrected chi connectivity index (χ1v) is 24.4. The van der Waals surface area contributed by atoms with Gasteiger partial charge in [-0.1, -0.05) is 213 Å². The van der Waals surface area contributed by atoms with Gasteiger partial charge in [0.2, 0.25) is 5.95 Å². The monoisotopic (exact) mass is 913 g/mol. The van der Waals surface area contributed by atoms with Crippen molar-refractivity contribution in [2.75, 3.05) is 0 Å². The molecule has 0 aliphatic rings. The molecule has 0 radical (unpaired) electrons. The van der Waals surface area contributed by atoms with E-state index in [-0.39, 0.29) is 0 Å². The van der Waals surface area contributed by atoms with E-state index >= 15 is 0 Å². The molecule has 0 saturated heterocycles. The number of hydrogen-bond donors (Lipinski definition) is 0. The molecular weight excluding hydrogens is 871 g/mol. The fraction of sp³-hybridized carbons (Fsp3) is 0.0156. The molecule has 4 heterocycles. The maximum Gasteiger partial charge on any atom is 0.238 e. The molecule has 0 bridgehead atoms. The van der Waals surface area contributed by atoms with E-state index in [9.17, 15) is 0 Å². The summed E-state index contributed by atoms with van der Waals surface area (Å²) in [4.78, 5) is 16.2. The van der Waals surface area contributed by atoms with E-state index in [1.807, 2.05) is 35.6 Å². The van der Waals surface area contributed by atoms with Crippen LogP contribution in [0.5, 0.6) is 0 Å². The molecule has 0 saturated carbocycles. The van der Waals surface area contributed by atoms with Gasteiger partial charge < -0.3 is 4.57 Å². The molecule has 0 spiro atoms. The maximum atomic E-state index is 5.49. The van der Waals surface area contributed by atoms with Crippen LogP contribution in [0.3, 0.4) is 0 Å². The molecule has 13 aromatic rings. The van der Waals surface area contributed by atoms with Gasteiger partial charge in [0.05, 0.1) is 25.9 Å². The molecule has 4 aromatic heterocycles. The average molecular weight is 914 g/mol. The van der Waals surface area contributed by atoms with Crippen LogP contribution in [0.15, 0.2) is 231 Å². The third kappa shape index (κ3) is 6.80. The van der Waals surface area contributed by atoms with Crippen LogP contribution in [0.4, 0.5) is 0 Å². The third-order valence-corrected chi connectivity index (χ3v) is 14.8. The minimum absolute atomic E-state index is 0.560. The number of allylic oxidation sites excluding steroid dienone is 2. The van der Waals surface area contributed by atoms with Crippen molar-refractivity contribution < 1.29 is 0 Å². The molecule has 6 heteroatoms. The average Bonchev–Trinajstić information content (AvgIpc) is 4.08. The van der Waals surface area contributed by atoms with Crippen LogP contribution < -0.4 is 0 Å². The number of para-hydroxylation sites is 1. The molecule has 70 heavy (non-hydrogen) atoms. The maximum absolute atomic E-state index is 5.49. The normalized spacial score (nSPS) is 11.8. The van der Waals surface area contributed by atoms with Gasteiger partial charge >= 0.3 is 0 Å². The van der Waals surface area contributed by atoms with Gasteiger partial charge in [-0.3, -0.25) is 4.57 Å². The molecule has 0 aliphatic carbocycles. The molecule has 0 unspecified atom stereocenters. The zero-order valence-electron chi connectivity index (χ0n) is 38.3. The molecule has 13 rings (SSSR count). The fourth-order valence-electron chi connectivity index (χ4n) is 10.3. The van der Waals surface area contributed by atoms with Crippen molar-refractivity contribution in [2.24, 2.45) is 0 Å². The van der Waals surface area contributed by atoms with Crippen molar-refractivity contribution in [3.05, 3.63) is 242 Å². The van der Waals surface area contributed by atoms with E-state index in [0.29, 0.717) is 17.6 Å². The van der Waals surface area contributed by atoms with Crippen molar-refractivity contribution in [3.8, 4) is 67.8 Å². The quantitative estimate of drug-likeness (QED) is 0.136. The lowest BCUT2D eigenvalue weighted by Crippen LogP contribution is -2.07. The minimum Gasteiger partial charge on any atom is -0.308 e. The van der Waals surface area contributed by atoms with Crippen LogP contribution in [0.25, 0.3) is 127 Å². The molecule has 9 aromatic carbocycles. The molecule has 0 atom stereocenters. The first-order chi connectivity index (χ1) is 34.6. The van der Waals surface area contributed by atoms with E-state index in [1.54, 1.807) is 0 Å². The molecule has 330 valence electrons. The SMILES string of the molecule is C=C/C=C\c1c(C)c2ccc3c4ccc5c6ccccc6n(-c6nc(-c7ccc(-c8ccccc8)cc7)nc(-c7ccccc7-c7ccccc7)n6)c5c4sc3c2n1-c1cccc(-c2ccccc2)c1. The Labute approximate surface area is 409 Å². The molecule has 0 aliphatic heterocycles. The number of hydrogen-bond acceptors (Lipinski definition) is 4. The Hall–Kier alpha value is -8.97. The van der Waals surface area contributed by atoms with Crippen LogP contribution in [-0.4, -0.2) is 24.1 Å². The van der Waals surface area contributed by atoms with Crippen molar-refractivity contribution in [3.63, 3.8) is 0 Å². The van der Waals surface area contributed by atoms with Gasteiger partial charge in [0, 0.05) is 49.4 Å². The molecule has 0 N–H and O–H groups in total. The molecule has 0 fully saturated rings. The zero-order valence-corrected chi connectivity index (χ0v) is 39.1. The van der Waals surface area contributed by atoms with Gasteiger partial charge in [0.25, 0.3) is 0 Å². The highest BCUT2D eigenvalue weighted by atomic mass is 32.1. The number of thiophene rings is 1. The summed E-state index contributed by atoms with van der Waals surface area (Å²) in [7, 11) is 0. The Bertz CT molecular complexity index is 4180. The Balaban J connectivity index is 1.09. The second-order valence-electron chi connectivity index (χ2n) is 17.6. The number of benzene rings is 9. The van der Waals surface area contributed by atoms with Gasteiger partial charge in [-0.2, -0.15) is 9.97 Å². The number of aryl methyl sites for hydroxylation is 1. The lowest BCUT2D eigenvalue weighted by atomic mass is 9.99. The second-order valence-corrected chi connectivity index (χ2v) is 18.6. The summed E-state index contributed by atoms with van der Waals surface area (Å²) < 4.78 is 7.11. The highest BCUT2D eigenvalue weighted by Crippen LogP contribution is 2.47.